The van der Waals surface area contributed by atoms with Crippen molar-refractivity contribution in [3.05, 3.63) is 47.2 Å². The van der Waals surface area contributed by atoms with Crippen molar-refractivity contribution in [2.45, 2.75) is 71.4 Å². The largest absolute Gasteiger partial charge is 0.481 e. The van der Waals surface area contributed by atoms with E-state index in [0.717, 1.165) is 19.3 Å². The van der Waals surface area contributed by atoms with Crippen LogP contribution in [0.2, 0.25) is 0 Å². The molecule has 14 heteroatoms. The molecule has 0 aliphatic carbocycles. The topological polar surface area (TPSA) is 216 Å². The van der Waals surface area contributed by atoms with Gasteiger partial charge in [-0.15, -0.1) is 0 Å². The summed E-state index contributed by atoms with van der Waals surface area (Å²) in [6.45, 7) is 5.16. The van der Waals surface area contributed by atoms with E-state index in [1.807, 2.05) is 6.92 Å². The Bertz CT molecular complexity index is 1310. The number of hydrogen-bond acceptors (Lipinski definition) is 8. The molecule has 2 aromatic rings. The van der Waals surface area contributed by atoms with Crippen molar-refractivity contribution < 1.29 is 48.6 Å². The van der Waals surface area contributed by atoms with Gasteiger partial charge in [0.1, 0.15) is 11.8 Å². The van der Waals surface area contributed by atoms with Crippen molar-refractivity contribution in [1.82, 2.24) is 21.0 Å². The highest BCUT2D eigenvalue weighted by Crippen LogP contribution is 2.25. The second-order valence-electron chi connectivity index (χ2n) is 9.94. The molecule has 0 bridgehead atoms. The number of unbranched alkanes of at least 4 members (excludes halogenated alkanes) is 2. The number of carbonyl (C=O) groups excluding carboxylic acids is 4. The maximum Gasteiger partial charge on any atom is 0.326 e. The number of rotatable bonds is 18. The number of furan rings is 1. The number of carboxylic acids is 2. The molecule has 234 valence electrons. The Labute approximate surface area is 248 Å². The van der Waals surface area contributed by atoms with Gasteiger partial charge < -0.3 is 30.6 Å². The molecular weight excluding hydrogens is 564 g/mol. The number of aliphatic carboxylic acids is 2. The van der Waals surface area contributed by atoms with E-state index < -0.39 is 54.1 Å². The van der Waals surface area contributed by atoms with Gasteiger partial charge in [0, 0.05) is 11.1 Å². The summed E-state index contributed by atoms with van der Waals surface area (Å²) in [5.41, 5.74) is 1.11. The Balaban J connectivity index is 2.04. The summed E-state index contributed by atoms with van der Waals surface area (Å²) in [6.07, 6.45) is 2.87. The lowest BCUT2D eigenvalue weighted by Crippen LogP contribution is -2.47. The molecule has 14 nitrogen and oxygen atoms in total. The van der Waals surface area contributed by atoms with Crippen molar-refractivity contribution in [3.63, 3.8) is 0 Å². The van der Waals surface area contributed by atoms with E-state index >= 15 is 0 Å². The molecule has 0 aliphatic heterocycles. The lowest BCUT2D eigenvalue weighted by atomic mass is 9.90. The molecule has 3 atom stereocenters. The fourth-order valence-electron chi connectivity index (χ4n) is 4.57. The minimum Gasteiger partial charge on any atom is -0.481 e. The molecule has 1 aromatic carbocycles. The van der Waals surface area contributed by atoms with E-state index in [-0.39, 0.29) is 24.4 Å². The average molecular weight is 603 g/mol. The third-order valence-electron chi connectivity index (χ3n) is 6.87. The zero-order valence-corrected chi connectivity index (χ0v) is 24.3. The summed E-state index contributed by atoms with van der Waals surface area (Å²) >= 11 is 0. The van der Waals surface area contributed by atoms with E-state index in [1.165, 1.54) is 18.2 Å². The van der Waals surface area contributed by atoms with Crippen LogP contribution in [0.1, 0.15) is 78.8 Å². The number of aryl methyl sites for hydroxylation is 1. The van der Waals surface area contributed by atoms with E-state index in [4.69, 9.17) is 14.6 Å². The third kappa shape index (κ3) is 9.95. The summed E-state index contributed by atoms with van der Waals surface area (Å²) in [7, 11) is 0. The first kappa shape index (κ1) is 34.5. The first-order valence-electron chi connectivity index (χ1n) is 13.9. The van der Waals surface area contributed by atoms with Gasteiger partial charge in [0.25, 0.3) is 11.8 Å². The molecule has 0 radical (unpaired) electrons. The van der Waals surface area contributed by atoms with E-state index in [1.54, 1.807) is 26.0 Å². The lowest BCUT2D eigenvalue weighted by Gasteiger charge is -2.29. The molecule has 0 saturated heterocycles. The van der Waals surface area contributed by atoms with Crippen LogP contribution in [0, 0.1) is 12.8 Å². The Morgan fingerprint density at radius 2 is 1.72 bits per heavy atom. The molecule has 2 unspecified atom stereocenters. The summed E-state index contributed by atoms with van der Waals surface area (Å²) < 4.78 is 5.65. The van der Waals surface area contributed by atoms with Crippen molar-refractivity contribution in [3.8, 4) is 11.3 Å². The molecule has 2 rings (SSSR count). The monoisotopic (exact) mass is 602 g/mol. The van der Waals surface area contributed by atoms with Crippen LogP contribution in [0.15, 0.2) is 34.7 Å². The predicted molar refractivity (Wildman–Crippen MR) is 152 cm³/mol. The van der Waals surface area contributed by atoms with Crippen LogP contribution in [0.5, 0.6) is 0 Å². The SMILES string of the molecule is CCCCCC(C(=O)NCNC(=O)c1ccc(-c2ccc(C(=O)NC(CC(=O)O)C(=O)O)c(C)c2)o1)[C@@H](CC)N(O)C=O. The molecule has 0 spiro atoms. The Kier molecular flexibility index (Phi) is 13.4. The number of carbonyl (C=O) groups is 6. The minimum atomic E-state index is -1.60. The number of hydrogen-bond donors (Lipinski definition) is 6. The molecule has 43 heavy (non-hydrogen) atoms. The Morgan fingerprint density at radius 3 is 2.30 bits per heavy atom. The number of hydroxylamine groups is 2. The van der Waals surface area contributed by atoms with E-state index in [0.29, 0.717) is 34.8 Å². The fraction of sp³-hybridized carbons (Fsp3) is 0.448. The van der Waals surface area contributed by atoms with Crippen LogP contribution in [0.4, 0.5) is 0 Å². The summed E-state index contributed by atoms with van der Waals surface area (Å²) in [5.74, 6) is -5.03. The summed E-state index contributed by atoms with van der Waals surface area (Å²) in [4.78, 5) is 71.4. The normalized spacial score (nSPS) is 12.8. The van der Waals surface area contributed by atoms with Gasteiger partial charge in [-0.2, -0.15) is 0 Å². The number of benzene rings is 1. The lowest BCUT2D eigenvalue weighted by molar-refractivity contribution is -0.168. The Morgan fingerprint density at radius 1 is 1.00 bits per heavy atom. The van der Waals surface area contributed by atoms with Gasteiger partial charge in [-0.1, -0.05) is 39.2 Å². The average Bonchev–Trinajstić information content (AvgIpc) is 3.46. The molecule has 0 saturated carbocycles. The minimum absolute atomic E-state index is 0.0462. The summed E-state index contributed by atoms with van der Waals surface area (Å²) in [5, 5.41) is 35.8. The standard InChI is InChI=1S/C29H38N4O10/c1-4-6-7-8-20(22(5-2)33(42)16-34)26(37)30-15-31-28(39)24-12-11-23(43-24)18-9-10-19(17(3)13-18)27(38)32-21(29(40)41)14-25(35)36/h9-13,16,20-22,42H,4-8,14-15H2,1-3H3,(H,30,37)(H,31,39)(H,32,38)(H,35,36)(H,40,41)/t20?,21?,22-/m1/s1. The van der Waals surface area contributed by atoms with Crippen LogP contribution < -0.4 is 16.0 Å². The van der Waals surface area contributed by atoms with Gasteiger partial charge in [0.15, 0.2) is 5.76 Å². The smallest absolute Gasteiger partial charge is 0.326 e. The molecule has 4 amide bonds. The maximum absolute atomic E-state index is 12.9. The van der Waals surface area contributed by atoms with Crippen LogP contribution in [-0.4, -0.2) is 75.3 Å². The van der Waals surface area contributed by atoms with E-state index in [9.17, 15) is 34.0 Å². The number of carboxylic acid groups (broad SMARTS) is 2. The third-order valence-corrected chi connectivity index (χ3v) is 6.87. The molecular formula is C29H38N4O10. The van der Waals surface area contributed by atoms with Gasteiger partial charge in [-0.25, -0.2) is 9.86 Å². The van der Waals surface area contributed by atoms with Crippen molar-refractivity contribution in [2.24, 2.45) is 5.92 Å². The van der Waals surface area contributed by atoms with Crippen molar-refractivity contribution >= 4 is 36.1 Å². The zero-order chi connectivity index (χ0) is 32.1. The van der Waals surface area contributed by atoms with Gasteiger partial charge >= 0.3 is 11.9 Å². The van der Waals surface area contributed by atoms with Gasteiger partial charge in [0.2, 0.25) is 12.3 Å². The fourth-order valence-corrected chi connectivity index (χ4v) is 4.57. The predicted octanol–water partition coefficient (Wildman–Crippen LogP) is 2.54. The molecule has 1 aromatic heterocycles. The van der Waals surface area contributed by atoms with E-state index in [2.05, 4.69) is 16.0 Å². The highest BCUT2D eigenvalue weighted by molar-refractivity contribution is 5.99. The van der Waals surface area contributed by atoms with Gasteiger partial charge in [-0.05, 0) is 49.6 Å². The molecule has 0 fully saturated rings. The van der Waals surface area contributed by atoms with Crippen LogP contribution >= 0.6 is 0 Å². The maximum atomic E-state index is 12.9. The molecule has 0 aliphatic rings. The highest BCUT2D eigenvalue weighted by Gasteiger charge is 2.30. The Hall–Kier alpha value is -4.72. The second-order valence-corrected chi connectivity index (χ2v) is 9.94. The first-order chi connectivity index (χ1) is 20.4. The quantitative estimate of drug-likeness (QED) is 0.0482. The van der Waals surface area contributed by atoms with Crippen LogP contribution in [0.25, 0.3) is 11.3 Å². The summed E-state index contributed by atoms with van der Waals surface area (Å²) in [6, 6.07) is 5.22. The number of amides is 4. The van der Waals surface area contributed by atoms with Crippen LogP contribution in [0.3, 0.4) is 0 Å². The van der Waals surface area contributed by atoms with Crippen molar-refractivity contribution in [1.29, 1.82) is 0 Å². The number of nitrogens with one attached hydrogen (secondary N) is 3. The first-order valence-corrected chi connectivity index (χ1v) is 13.9. The molecule has 1 heterocycles. The number of nitrogens with zero attached hydrogens (tertiary/aromatic N) is 1. The highest BCUT2D eigenvalue weighted by atomic mass is 16.5. The second kappa shape index (κ2) is 16.7. The van der Waals surface area contributed by atoms with Crippen LogP contribution in [-0.2, 0) is 19.2 Å². The zero-order valence-electron chi connectivity index (χ0n) is 24.3. The molecule has 6 N–H and O–H groups in total. The van der Waals surface area contributed by atoms with Gasteiger partial charge in [-0.3, -0.25) is 29.2 Å². The van der Waals surface area contributed by atoms with Gasteiger partial charge in [0.05, 0.1) is 25.0 Å². The van der Waals surface area contributed by atoms with Crippen molar-refractivity contribution in [2.75, 3.05) is 6.67 Å².